The summed E-state index contributed by atoms with van der Waals surface area (Å²) in [6.07, 6.45) is 3.35. The Morgan fingerprint density at radius 3 is 2.85 bits per heavy atom. The first kappa shape index (κ1) is 14.0. The monoisotopic (exact) mass is 269 g/mol. The van der Waals surface area contributed by atoms with Crippen LogP contribution in [0.1, 0.15) is 25.3 Å². The van der Waals surface area contributed by atoms with Crippen LogP contribution in [0.2, 0.25) is 0 Å². The van der Waals surface area contributed by atoms with Crippen LogP contribution in [0.3, 0.4) is 0 Å². The molecule has 5 heteroatoms. The Labute approximate surface area is 119 Å². The van der Waals surface area contributed by atoms with Gasteiger partial charge in [0.2, 0.25) is 5.95 Å². The topological polar surface area (TPSA) is 62.7 Å². The average Bonchev–Trinajstić information content (AvgIpc) is 2.46. The number of nitrogens with zero attached hydrogens (tertiary/aromatic N) is 3. The maximum Gasteiger partial charge on any atom is 0.249 e. The minimum Gasteiger partial charge on any atom is -0.365 e. The smallest absolute Gasteiger partial charge is 0.249 e. The fraction of sp³-hybridized carbons (Fsp3) is 0.267. The highest BCUT2D eigenvalue weighted by atomic mass is 15.3. The highest BCUT2D eigenvalue weighted by Crippen LogP contribution is 2.25. The molecule has 2 N–H and O–H groups in total. The predicted molar refractivity (Wildman–Crippen MR) is 82.3 cm³/mol. The first-order chi connectivity index (χ1) is 9.70. The summed E-state index contributed by atoms with van der Waals surface area (Å²) in [4.78, 5) is 4.36. The lowest BCUT2D eigenvalue weighted by molar-refractivity contribution is 0.867. The van der Waals surface area contributed by atoms with Crippen LogP contribution in [0, 0.1) is 0 Å². The molecule has 0 amide bonds. The van der Waals surface area contributed by atoms with Crippen LogP contribution in [0.15, 0.2) is 43.1 Å². The van der Waals surface area contributed by atoms with E-state index in [4.69, 9.17) is 0 Å². The second-order valence-electron chi connectivity index (χ2n) is 4.70. The number of hydrogen-bond acceptors (Lipinski definition) is 5. The van der Waals surface area contributed by atoms with E-state index >= 15 is 0 Å². The van der Waals surface area contributed by atoms with Crippen LogP contribution in [-0.4, -0.2) is 21.7 Å². The van der Waals surface area contributed by atoms with E-state index < -0.39 is 0 Å². The van der Waals surface area contributed by atoms with Crippen molar-refractivity contribution in [2.45, 2.75) is 19.8 Å². The predicted octanol–water partition coefficient (Wildman–Crippen LogP) is 3.34. The van der Waals surface area contributed by atoms with Gasteiger partial charge in [0.25, 0.3) is 0 Å². The number of hydrogen-bond donors (Lipinski definition) is 2. The van der Waals surface area contributed by atoms with Crippen molar-refractivity contribution in [2.24, 2.45) is 0 Å². The summed E-state index contributed by atoms with van der Waals surface area (Å²) < 4.78 is 0. The van der Waals surface area contributed by atoms with Crippen molar-refractivity contribution >= 4 is 17.5 Å². The van der Waals surface area contributed by atoms with Crippen LogP contribution in [-0.2, 0) is 0 Å². The Morgan fingerprint density at radius 1 is 1.30 bits per heavy atom. The third-order valence-corrected chi connectivity index (χ3v) is 2.82. The normalized spacial score (nSPS) is 10.3. The first-order valence-corrected chi connectivity index (χ1v) is 6.61. The lowest BCUT2D eigenvalue weighted by Crippen LogP contribution is -2.06. The van der Waals surface area contributed by atoms with Gasteiger partial charge in [-0.25, -0.2) is 0 Å². The zero-order valence-corrected chi connectivity index (χ0v) is 11.8. The number of aromatic nitrogens is 3. The molecule has 0 bridgehead atoms. The van der Waals surface area contributed by atoms with Crippen molar-refractivity contribution in [3.05, 3.63) is 48.7 Å². The number of nitrogens with one attached hydrogen (secondary N) is 2. The number of para-hydroxylation sites is 1. The molecule has 0 fully saturated rings. The van der Waals surface area contributed by atoms with Gasteiger partial charge in [0.15, 0.2) is 5.82 Å². The molecule has 0 spiro atoms. The molecular weight excluding hydrogens is 250 g/mol. The molecule has 2 aromatic rings. The summed E-state index contributed by atoms with van der Waals surface area (Å²) in [6.45, 7) is 8.60. The quantitative estimate of drug-likeness (QED) is 0.787. The van der Waals surface area contributed by atoms with Gasteiger partial charge in [-0.1, -0.05) is 38.1 Å². The van der Waals surface area contributed by atoms with E-state index in [1.165, 1.54) is 5.56 Å². The molecule has 1 aromatic heterocycles. The van der Waals surface area contributed by atoms with E-state index in [0.717, 1.165) is 5.69 Å². The zero-order valence-electron chi connectivity index (χ0n) is 11.8. The van der Waals surface area contributed by atoms with E-state index in [0.29, 0.717) is 24.2 Å². The standard InChI is InChI=1S/C15H19N5/c1-4-9-16-14-10-17-20-15(19-14)18-13-8-6-5-7-12(13)11(2)3/h4-8,10-11H,1,9H2,2-3H3,(H2,16,18,19,20). The summed E-state index contributed by atoms with van der Waals surface area (Å²) in [5.41, 5.74) is 2.23. The van der Waals surface area contributed by atoms with Gasteiger partial charge in [0.1, 0.15) is 0 Å². The van der Waals surface area contributed by atoms with Crippen LogP contribution in [0.25, 0.3) is 0 Å². The zero-order chi connectivity index (χ0) is 14.4. The van der Waals surface area contributed by atoms with Crippen molar-refractivity contribution in [1.29, 1.82) is 0 Å². The maximum absolute atomic E-state index is 4.36. The van der Waals surface area contributed by atoms with Gasteiger partial charge in [0.05, 0.1) is 6.20 Å². The molecular formula is C15H19N5. The summed E-state index contributed by atoms with van der Waals surface area (Å²) in [5.74, 6) is 1.57. The van der Waals surface area contributed by atoms with Gasteiger partial charge in [0, 0.05) is 12.2 Å². The Balaban J connectivity index is 2.19. The third-order valence-electron chi connectivity index (χ3n) is 2.82. The molecule has 5 nitrogen and oxygen atoms in total. The highest BCUT2D eigenvalue weighted by Gasteiger charge is 2.07. The molecule has 0 unspecified atom stereocenters. The van der Waals surface area contributed by atoms with Crippen LogP contribution in [0.5, 0.6) is 0 Å². The molecule has 0 saturated heterocycles. The average molecular weight is 269 g/mol. The molecule has 1 heterocycles. The fourth-order valence-corrected chi connectivity index (χ4v) is 1.85. The van der Waals surface area contributed by atoms with Crippen LogP contribution in [0.4, 0.5) is 17.5 Å². The first-order valence-electron chi connectivity index (χ1n) is 6.61. The molecule has 0 aliphatic heterocycles. The largest absolute Gasteiger partial charge is 0.365 e. The highest BCUT2D eigenvalue weighted by molar-refractivity contribution is 5.59. The fourth-order valence-electron chi connectivity index (χ4n) is 1.85. The minimum atomic E-state index is 0.425. The lowest BCUT2D eigenvalue weighted by Gasteiger charge is -2.13. The second kappa shape index (κ2) is 6.65. The molecule has 0 aliphatic rings. The third kappa shape index (κ3) is 3.54. The van der Waals surface area contributed by atoms with Crippen molar-refractivity contribution in [3.63, 3.8) is 0 Å². The van der Waals surface area contributed by atoms with E-state index in [1.54, 1.807) is 12.3 Å². The Morgan fingerprint density at radius 2 is 2.10 bits per heavy atom. The Bertz CT molecular complexity index is 580. The molecule has 1 aromatic carbocycles. The Hall–Kier alpha value is -2.43. The van der Waals surface area contributed by atoms with Gasteiger partial charge in [-0.05, 0) is 17.5 Å². The Kier molecular flexibility index (Phi) is 4.65. The van der Waals surface area contributed by atoms with Crippen LogP contribution >= 0.6 is 0 Å². The summed E-state index contributed by atoms with van der Waals surface area (Å²) in [7, 11) is 0. The van der Waals surface area contributed by atoms with Crippen molar-refractivity contribution in [1.82, 2.24) is 15.2 Å². The molecule has 20 heavy (non-hydrogen) atoms. The molecule has 0 aliphatic carbocycles. The SMILES string of the molecule is C=CCNc1cnnc(Nc2ccccc2C(C)C)n1. The number of rotatable bonds is 6. The summed E-state index contributed by atoms with van der Waals surface area (Å²) in [5, 5.41) is 14.2. The van der Waals surface area contributed by atoms with Crippen molar-refractivity contribution in [2.75, 3.05) is 17.2 Å². The number of anilines is 3. The van der Waals surface area contributed by atoms with Gasteiger partial charge in [-0.2, -0.15) is 10.1 Å². The number of benzene rings is 1. The van der Waals surface area contributed by atoms with Gasteiger partial charge >= 0.3 is 0 Å². The van der Waals surface area contributed by atoms with E-state index in [2.05, 4.69) is 52.3 Å². The van der Waals surface area contributed by atoms with Gasteiger partial charge in [-0.15, -0.1) is 11.7 Å². The van der Waals surface area contributed by atoms with E-state index in [-0.39, 0.29) is 0 Å². The van der Waals surface area contributed by atoms with E-state index in [1.807, 2.05) is 18.2 Å². The molecule has 104 valence electrons. The van der Waals surface area contributed by atoms with Crippen molar-refractivity contribution in [3.8, 4) is 0 Å². The van der Waals surface area contributed by atoms with Gasteiger partial charge in [-0.3, -0.25) is 0 Å². The molecule has 0 atom stereocenters. The van der Waals surface area contributed by atoms with Gasteiger partial charge < -0.3 is 10.6 Å². The maximum atomic E-state index is 4.36. The summed E-state index contributed by atoms with van der Waals surface area (Å²) in [6, 6.07) is 8.13. The molecule has 0 saturated carbocycles. The lowest BCUT2D eigenvalue weighted by atomic mass is 10.0. The minimum absolute atomic E-state index is 0.425. The van der Waals surface area contributed by atoms with Crippen LogP contribution < -0.4 is 10.6 Å². The molecule has 2 rings (SSSR count). The molecule has 0 radical (unpaired) electrons. The second-order valence-corrected chi connectivity index (χ2v) is 4.70. The van der Waals surface area contributed by atoms with Crippen molar-refractivity contribution < 1.29 is 0 Å². The summed E-state index contributed by atoms with van der Waals surface area (Å²) >= 11 is 0. The van der Waals surface area contributed by atoms with E-state index in [9.17, 15) is 0 Å².